The van der Waals surface area contributed by atoms with Gasteiger partial charge in [0.15, 0.2) is 6.29 Å². The first kappa shape index (κ1) is 8.23. The lowest BCUT2D eigenvalue weighted by atomic mass is 10.1. The van der Waals surface area contributed by atoms with Gasteiger partial charge in [-0.05, 0) is 25.3 Å². The van der Waals surface area contributed by atoms with Gasteiger partial charge < -0.3 is 14.6 Å². The van der Waals surface area contributed by atoms with Gasteiger partial charge in [0.2, 0.25) is 0 Å². The first-order chi connectivity index (χ1) is 5.81. The van der Waals surface area contributed by atoms with Gasteiger partial charge in [0, 0.05) is 6.61 Å². The van der Waals surface area contributed by atoms with Gasteiger partial charge >= 0.3 is 0 Å². The highest BCUT2D eigenvalue weighted by Gasteiger charge is 2.38. The number of rotatable bonds is 2. The molecule has 68 valence electrons. The van der Waals surface area contributed by atoms with Crippen LogP contribution in [0, 0.1) is 0 Å². The lowest BCUT2D eigenvalue weighted by Gasteiger charge is -2.10. The van der Waals surface area contributed by atoms with Crippen molar-refractivity contribution in [1.82, 2.24) is 0 Å². The van der Waals surface area contributed by atoms with Crippen LogP contribution in [0.25, 0.3) is 0 Å². The van der Waals surface area contributed by atoms with Crippen molar-refractivity contribution in [2.75, 3.05) is 6.61 Å². The summed E-state index contributed by atoms with van der Waals surface area (Å²) in [6, 6.07) is 0. The monoisotopic (exact) mass is 170 g/mol. The molecule has 1 heterocycles. The second-order valence-electron chi connectivity index (χ2n) is 3.29. The van der Waals surface area contributed by atoms with E-state index in [1.54, 1.807) is 0 Å². The lowest BCUT2D eigenvalue weighted by Crippen LogP contribution is -2.18. The van der Waals surface area contributed by atoms with Crippen molar-refractivity contribution in [2.45, 2.75) is 38.3 Å². The molecule has 3 nitrogen and oxygen atoms in total. The summed E-state index contributed by atoms with van der Waals surface area (Å²) in [5.74, 6) is 0. The Balaban J connectivity index is 2.00. The van der Waals surface area contributed by atoms with E-state index >= 15 is 0 Å². The molecule has 0 spiro atoms. The molecule has 0 bridgehead atoms. The summed E-state index contributed by atoms with van der Waals surface area (Å²) in [6.45, 7) is 2.11. The van der Waals surface area contributed by atoms with Crippen LogP contribution in [0.2, 0.25) is 0 Å². The summed E-state index contributed by atoms with van der Waals surface area (Å²) in [5.41, 5.74) is 1.20. The fraction of sp³-hybridized carbons (Fsp3) is 0.778. The largest absolute Gasteiger partial charge is 0.396 e. The lowest BCUT2D eigenvalue weighted by molar-refractivity contribution is -0.0492. The Labute approximate surface area is 72.0 Å². The predicted octanol–water partition coefficient (Wildman–Crippen LogP) is 0.829. The van der Waals surface area contributed by atoms with E-state index in [-0.39, 0.29) is 25.1 Å². The molecule has 3 heteroatoms. The normalized spacial score (nSPS) is 39.8. The number of aliphatic hydroxyl groups excluding tert-OH is 1. The zero-order valence-corrected chi connectivity index (χ0v) is 7.19. The van der Waals surface area contributed by atoms with E-state index < -0.39 is 0 Å². The zero-order valence-electron chi connectivity index (χ0n) is 7.19. The van der Waals surface area contributed by atoms with E-state index in [1.807, 2.05) is 6.92 Å². The SMILES string of the molecule is CC1OC2CC=C(CCO)C2O1. The third-order valence-electron chi connectivity index (χ3n) is 2.42. The molecule has 3 unspecified atom stereocenters. The molecule has 0 radical (unpaired) electrons. The Hall–Kier alpha value is -0.380. The second-order valence-corrected chi connectivity index (χ2v) is 3.29. The minimum absolute atomic E-state index is 0.0811. The highest BCUT2D eigenvalue weighted by atomic mass is 16.7. The molecule has 1 N–H and O–H groups in total. The van der Waals surface area contributed by atoms with E-state index in [0.29, 0.717) is 0 Å². The Kier molecular flexibility index (Phi) is 2.17. The van der Waals surface area contributed by atoms with Crippen molar-refractivity contribution in [3.05, 3.63) is 11.6 Å². The number of ether oxygens (including phenoxy) is 2. The number of aliphatic hydroxyl groups is 1. The smallest absolute Gasteiger partial charge is 0.156 e. The topological polar surface area (TPSA) is 38.7 Å². The van der Waals surface area contributed by atoms with Crippen LogP contribution in [-0.2, 0) is 9.47 Å². The Morgan fingerprint density at radius 3 is 3.17 bits per heavy atom. The molecule has 0 aromatic carbocycles. The zero-order chi connectivity index (χ0) is 8.55. The minimum atomic E-state index is -0.0811. The maximum Gasteiger partial charge on any atom is 0.156 e. The summed E-state index contributed by atoms with van der Waals surface area (Å²) in [7, 11) is 0. The molecular weight excluding hydrogens is 156 g/mol. The first-order valence-electron chi connectivity index (χ1n) is 4.42. The second kappa shape index (κ2) is 3.17. The van der Waals surface area contributed by atoms with Crippen molar-refractivity contribution in [3.8, 4) is 0 Å². The maximum absolute atomic E-state index is 8.78. The fourth-order valence-electron chi connectivity index (χ4n) is 1.91. The van der Waals surface area contributed by atoms with Gasteiger partial charge in [0.1, 0.15) is 6.10 Å². The number of hydrogen-bond donors (Lipinski definition) is 1. The van der Waals surface area contributed by atoms with Crippen LogP contribution in [0.5, 0.6) is 0 Å². The highest BCUT2D eigenvalue weighted by Crippen LogP contribution is 2.34. The van der Waals surface area contributed by atoms with Crippen LogP contribution in [0.1, 0.15) is 19.8 Å². The molecule has 3 atom stereocenters. The molecule has 0 amide bonds. The molecule has 0 aromatic rings. The first-order valence-corrected chi connectivity index (χ1v) is 4.42. The van der Waals surface area contributed by atoms with E-state index in [2.05, 4.69) is 6.08 Å². The third kappa shape index (κ3) is 1.28. The van der Waals surface area contributed by atoms with Crippen molar-refractivity contribution >= 4 is 0 Å². The van der Waals surface area contributed by atoms with Crippen LogP contribution in [0.3, 0.4) is 0 Å². The molecule has 1 fully saturated rings. The molecule has 2 aliphatic rings. The van der Waals surface area contributed by atoms with Crippen LogP contribution < -0.4 is 0 Å². The Bertz CT molecular complexity index is 200. The van der Waals surface area contributed by atoms with Crippen molar-refractivity contribution in [1.29, 1.82) is 0 Å². The molecule has 12 heavy (non-hydrogen) atoms. The fourth-order valence-corrected chi connectivity index (χ4v) is 1.91. The maximum atomic E-state index is 8.78. The summed E-state index contributed by atoms with van der Waals surface area (Å²) in [5, 5.41) is 8.78. The van der Waals surface area contributed by atoms with Crippen molar-refractivity contribution < 1.29 is 14.6 Å². The summed E-state index contributed by atoms with van der Waals surface area (Å²) < 4.78 is 11.1. The van der Waals surface area contributed by atoms with Gasteiger partial charge in [-0.1, -0.05) is 6.08 Å². The van der Waals surface area contributed by atoms with E-state index in [4.69, 9.17) is 14.6 Å². The average molecular weight is 170 g/mol. The average Bonchev–Trinajstić information content (AvgIpc) is 2.52. The standard InChI is InChI=1S/C9H14O3/c1-6-11-8-3-2-7(4-5-10)9(8)12-6/h2,6,8-10H,3-5H2,1H3. The molecule has 1 aliphatic heterocycles. The molecule has 0 saturated carbocycles. The van der Waals surface area contributed by atoms with E-state index in [1.165, 1.54) is 5.57 Å². The van der Waals surface area contributed by atoms with Gasteiger partial charge in [-0.25, -0.2) is 0 Å². The highest BCUT2D eigenvalue weighted by molar-refractivity contribution is 5.19. The van der Waals surface area contributed by atoms with Gasteiger partial charge in [-0.3, -0.25) is 0 Å². The molecular formula is C9H14O3. The van der Waals surface area contributed by atoms with Crippen LogP contribution >= 0.6 is 0 Å². The molecule has 1 aliphatic carbocycles. The summed E-state index contributed by atoms with van der Waals surface area (Å²) in [4.78, 5) is 0. The van der Waals surface area contributed by atoms with E-state index in [9.17, 15) is 0 Å². The number of fused-ring (bicyclic) bond motifs is 1. The Morgan fingerprint density at radius 2 is 2.42 bits per heavy atom. The van der Waals surface area contributed by atoms with Crippen molar-refractivity contribution in [3.63, 3.8) is 0 Å². The van der Waals surface area contributed by atoms with Gasteiger partial charge in [0.05, 0.1) is 6.10 Å². The van der Waals surface area contributed by atoms with Gasteiger partial charge in [-0.15, -0.1) is 0 Å². The third-order valence-corrected chi connectivity index (χ3v) is 2.42. The quantitative estimate of drug-likeness (QED) is 0.624. The van der Waals surface area contributed by atoms with Crippen molar-refractivity contribution in [2.24, 2.45) is 0 Å². The van der Waals surface area contributed by atoms with E-state index in [0.717, 1.165) is 12.8 Å². The predicted molar refractivity (Wildman–Crippen MR) is 43.6 cm³/mol. The van der Waals surface area contributed by atoms with Gasteiger partial charge in [-0.2, -0.15) is 0 Å². The van der Waals surface area contributed by atoms with Crippen LogP contribution in [-0.4, -0.2) is 30.2 Å². The summed E-state index contributed by atoms with van der Waals surface area (Å²) in [6.07, 6.45) is 4.02. The molecule has 1 saturated heterocycles. The number of hydrogen-bond acceptors (Lipinski definition) is 3. The summed E-state index contributed by atoms with van der Waals surface area (Å²) >= 11 is 0. The van der Waals surface area contributed by atoms with Crippen LogP contribution in [0.15, 0.2) is 11.6 Å². The van der Waals surface area contributed by atoms with Crippen LogP contribution in [0.4, 0.5) is 0 Å². The molecule has 0 aromatic heterocycles. The van der Waals surface area contributed by atoms with Gasteiger partial charge in [0.25, 0.3) is 0 Å². The Morgan fingerprint density at radius 1 is 1.58 bits per heavy atom. The minimum Gasteiger partial charge on any atom is -0.396 e. The molecule has 2 rings (SSSR count).